The van der Waals surface area contributed by atoms with E-state index in [1.165, 1.54) is 12.4 Å². The van der Waals surface area contributed by atoms with E-state index in [0.29, 0.717) is 36.2 Å². The average Bonchev–Trinajstić information content (AvgIpc) is 3.40. The third kappa shape index (κ3) is 5.48. The molecular formula is C32H31FN6O2. The van der Waals surface area contributed by atoms with E-state index in [1.54, 1.807) is 29.2 Å². The molecule has 4 aromatic rings. The number of allylic oxidation sites excluding steroid dienone is 1. The Labute approximate surface area is 237 Å². The number of ketones is 1. The number of amides is 1. The summed E-state index contributed by atoms with van der Waals surface area (Å²) in [6.45, 7) is 4.60. The standard InChI is InChI=1S/C32H31FN6O2/c1-32(2)15-26-30(28(40)16-32)31(23-7-3-4-8-24(23)33)39(27-10-6-5-9-25(27)37-26)18-29(41)36-22-13-11-21(12-14-22)17-38-20-34-19-35-38/h3-14,19-20,31,37H,15-18H2,1-2H3,(H,36,41). The lowest BCUT2D eigenvalue weighted by molar-refractivity contribution is -0.119. The van der Waals surface area contributed by atoms with Crippen molar-refractivity contribution in [3.63, 3.8) is 0 Å². The number of nitrogens with one attached hydrogen (secondary N) is 2. The molecule has 1 aromatic heterocycles. The maximum atomic E-state index is 15.5. The number of Topliss-reactive ketones (excluding diaryl/α,β-unsaturated/α-hetero) is 1. The van der Waals surface area contributed by atoms with E-state index in [4.69, 9.17) is 0 Å². The van der Waals surface area contributed by atoms with Crippen LogP contribution in [0.3, 0.4) is 0 Å². The van der Waals surface area contributed by atoms with Crippen LogP contribution in [0.4, 0.5) is 21.5 Å². The molecule has 208 valence electrons. The van der Waals surface area contributed by atoms with E-state index in [1.807, 2.05) is 53.4 Å². The summed E-state index contributed by atoms with van der Waals surface area (Å²) in [7, 11) is 0. The summed E-state index contributed by atoms with van der Waals surface area (Å²) in [5.41, 5.74) is 4.54. The minimum absolute atomic E-state index is 0.0433. The number of anilines is 3. The molecule has 8 nitrogen and oxygen atoms in total. The van der Waals surface area contributed by atoms with Gasteiger partial charge in [-0.2, -0.15) is 5.10 Å². The van der Waals surface area contributed by atoms with Gasteiger partial charge < -0.3 is 15.5 Å². The van der Waals surface area contributed by atoms with E-state index < -0.39 is 11.9 Å². The number of benzene rings is 3. The molecule has 0 bridgehead atoms. The first-order valence-electron chi connectivity index (χ1n) is 13.6. The van der Waals surface area contributed by atoms with Gasteiger partial charge in [-0.1, -0.05) is 56.3 Å². The lowest BCUT2D eigenvalue weighted by Gasteiger charge is -2.38. The van der Waals surface area contributed by atoms with Crippen molar-refractivity contribution in [1.29, 1.82) is 0 Å². The molecule has 9 heteroatoms. The number of para-hydroxylation sites is 2. The minimum Gasteiger partial charge on any atom is -0.357 e. The fourth-order valence-corrected chi connectivity index (χ4v) is 5.80. The van der Waals surface area contributed by atoms with Crippen LogP contribution in [0.5, 0.6) is 0 Å². The van der Waals surface area contributed by atoms with Crippen LogP contribution in [0.2, 0.25) is 0 Å². The van der Waals surface area contributed by atoms with Gasteiger partial charge in [-0.25, -0.2) is 14.1 Å². The summed E-state index contributed by atoms with van der Waals surface area (Å²) in [6, 6.07) is 20.8. The predicted octanol–water partition coefficient (Wildman–Crippen LogP) is 5.72. The van der Waals surface area contributed by atoms with Crippen molar-refractivity contribution in [3.05, 3.63) is 114 Å². The first kappa shape index (κ1) is 26.4. The Balaban J connectivity index is 1.35. The van der Waals surface area contributed by atoms with Crippen LogP contribution >= 0.6 is 0 Å². The number of halogens is 1. The summed E-state index contributed by atoms with van der Waals surface area (Å²) in [4.78, 5) is 33.1. The lowest BCUT2D eigenvalue weighted by Crippen LogP contribution is -2.40. The highest BCUT2D eigenvalue weighted by atomic mass is 19.1. The minimum atomic E-state index is -0.776. The smallest absolute Gasteiger partial charge is 0.243 e. The molecule has 1 aliphatic carbocycles. The molecule has 0 spiro atoms. The molecule has 41 heavy (non-hydrogen) atoms. The monoisotopic (exact) mass is 550 g/mol. The highest BCUT2D eigenvalue weighted by Crippen LogP contribution is 2.48. The van der Waals surface area contributed by atoms with E-state index >= 15 is 4.39 Å². The van der Waals surface area contributed by atoms with Crippen molar-refractivity contribution in [3.8, 4) is 0 Å². The molecule has 1 unspecified atom stereocenters. The topological polar surface area (TPSA) is 92.2 Å². The Morgan fingerprint density at radius 1 is 1.05 bits per heavy atom. The molecule has 1 amide bonds. The maximum absolute atomic E-state index is 15.5. The highest BCUT2D eigenvalue weighted by Gasteiger charge is 2.42. The van der Waals surface area contributed by atoms with Crippen molar-refractivity contribution < 1.29 is 14.0 Å². The predicted molar refractivity (Wildman–Crippen MR) is 156 cm³/mol. The molecule has 0 saturated heterocycles. The summed E-state index contributed by atoms with van der Waals surface area (Å²) in [6.07, 6.45) is 4.11. The Morgan fingerprint density at radius 2 is 1.80 bits per heavy atom. The second kappa shape index (κ2) is 10.6. The molecule has 0 radical (unpaired) electrons. The molecule has 2 heterocycles. The van der Waals surface area contributed by atoms with Crippen molar-refractivity contribution in [1.82, 2.24) is 14.8 Å². The normalized spacial score (nSPS) is 17.8. The molecule has 6 rings (SSSR count). The second-order valence-electron chi connectivity index (χ2n) is 11.4. The average molecular weight is 551 g/mol. The van der Waals surface area contributed by atoms with Crippen LogP contribution in [0.15, 0.2) is 96.7 Å². The first-order chi connectivity index (χ1) is 19.8. The number of rotatable bonds is 6. The van der Waals surface area contributed by atoms with Gasteiger partial charge in [-0.15, -0.1) is 0 Å². The number of fused-ring (bicyclic) bond motifs is 1. The van der Waals surface area contributed by atoms with Gasteiger partial charge in [-0.05, 0) is 47.7 Å². The quantitative estimate of drug-likeness (QED) is 0.319. The van der Waals surface area contributed by atoms with E-state index in [-0.39, 0.29) is 23.7 Å². The van der Waals surface area contributed by atoms with E-state index in [0.717, 1.165) is 22.6 Å². The third-order valence-corrected chi connectivity index (χ3v) is 7.57. The van der Waals surface area contributed by atoms with Crippen LogP contribution in [0, 0.1) is 11.2 Å². The summed E-state index contributed by atoms with van der Waals surface area (Å²) in [5, 5.41) is 10.6. The van der Waals surface area contributed by atoms with Crippen molar-refractivity contribution in [2.45, 2.75) is 39.3 Å². The van der Waals surface area contributed by atoms with Crippen LogP contribution in [0.25, 0.3) is 0 Å². The maximum Gasteiger partial charge on any atom is 0.243 e. The Kier molecular flexibility index (Phi) is 6.86. The van der Waals surface area contributed by atoms with Crippen molar-refractivity contribution in [2.75, 3.05) is 22.1 Å². The number of carbonyl (C=O) groups excluding carboxylic acids is 2. The zero-order chi connectivity index (χ0) is 28.6. The molecule has 0 saturated carbocycles. The van der Waals surface area contributed by atoms with Crippen LogP contribution in [-0.4, -0.2) is 33.0 Å². The summed E-state index contributed by atoms with van der Waals surface area (Å²) >= 11 is 0. The molecule has 1 aliphatic heterocycles. The Hall–Kier alpha value is -4.79. The summed E-state index contributed by atoms with van der Waals surface area (Å²) < 4.78 is 17.2. The van der Waals surface area contributed by atoms with Crippen molar-refractivity contribution >= 4 is 28.8 Å². The van der Waals surface area contributed by atoms with Crippen LogP contribution in [0.1, 0.15) is 43.9 Å². The van der Waals surface area contributed by atoms with Crippen LogP contribution < -0.4 is 15.5 Å². The fourth-order valence-electron chi connectivity index (χ4n) is 5.80. The molecular weight excluding hydrogens is 519 g/mol. The molecule has 1 atom stereocenters. The van der Waals surface area contributed by atoms with Gasteiger partial charge in [0.2, 0.25) is 5.91 Å². The first-order valence-corrected chi connectivity index (χ1v) is 13.6. The summed E-state index contributed by atoms with van der Waals surface area (Å²) in [5.74, 6) is -0.745. The number of aromatic nitrogens is 3. The Bertz CT molecular complexity index is 1630. The van der Waals surface area contributed by atoms with E-state index in [9.17, 15) is 9.59 Å². The third-order valence-electron chi connectivity index (χ3n) is 7.57. The second-order valence-corrected chi connectivity index (χ2v) is 11.4. The van der Waals surface area contributed by atoms with Gasteiger partial charge in [0.1, 0.15) is 18.5 Å². The van der Waals surface area contributed by atoms with E-state index in [2.05, 4.69) is 34.6 Å². The lowest BCUT2D eigenvalue weighted by atomic mass is 9.73. The van der Waals surface area contributed by atoms with Crippen LogP contribution in [-0.2, 0) is 16.1 Å². The van der Waals surface area contributed by atoms with Crippen molar-refractivity contribution in [2.24, 2.45) is 5.41 Å². The van der Waals surface area contributed by atoms with Gasteiger partial charge in [0.15, 0.2) is 5.78 Å². The number of hydrogen-bond donors (Lipinski definition) is 2. The highest BCUT2D eigenvalue weighted by molar-refractivity contribution is 6.02. The molecule has 0 fully saturated rings. The zero-order valence-electron chi connectivity index (χ0n) is 23.0. The zero-order valence-corrected chi connectivity index (χ0v) is 23.0. The number of hydrogen-bond acceptors (Lipinski definition) is 6. The van der Waals surface area contributed by atoms with Gasteiger partial charge in [0.25, 0.3) is 0 Å². The van der Waals surface area contributed by atoms with Gasteiger partial charge in [0, 0.05) is 28.9 Å². The Morgan fingerprint density at radius 3 is 2.56 bits per heavy atom. The number of nitrogens with zero attached hydrogens (tertiary/aromatic N) is 4. The van der Waals surface area contributed by atoms with Gasteiger partial charge in [0.05, 0.1) is 30.5 Å². The van der Waals surface area contributed by atoms with Gasteiger partial charge in [-0.3, -0.25) is 9.59 Å². The van der Waals surface area contributed by atoms with Gasteiger partial charge >= 0.3 is 0 Å². The molecule has 2 aliphatic rings. The molecule has 2 N–H and O–H groups in total. The molecule has 3 aromatic carbocycles. The fraction of sp³-hybridized carbons (Fsp3) is 0.250. The SMILES string of the molecule is CC1(C)CC(=O)C2=C(C1)Nc1ccccc1N(CC(=O)Nc1ccc(Cn3cncn3)cc1)C2c1ccccc1F. The number of carbonyl (C=O) groups is 2. The largest absolute Gasteiger partial charge is 0.357 e.